The fraction of sp³-hybridized carbons (Fsp3) is 0.250. The number of ether oxygens (including phenoxy) is 1. The van der Waals surface area contributed by atoms with Crippen LogP contribution in [0.4, 0.5) is 5.69 Å². The summed E-state index contributed by atoms with van der Waals surface area (Å²) in [6.07, 6.45) is 1.24. The van der Waals surface area contributed by atoms with Gasteiger partial charge in [0, 0.05) is 0 Å². The van der Waals surface area contributed by atoms with Crippen LogP contribution in [0.3, 0.4) is 0 Å². The lowest BCUT2D eigenvalue weighted by molar-refractivity contribution is -0.111. The van der Waals surface area contributed by atoms with E-state index >= 15 is 0 Å². The fourth-order valence-electron chi connectivity index (χ4n) is 1.25. The van der Waals surface area contributed by atoms with Crippen LogP contribution in [-0.2, 0) is 4.79 Å². The molecule has 0 bridgehead atoms. The zero-order valence-electron chi connectivity index (χ0n) is 9.04. The number of para-hydroxylation sites is 1. The molecular weight excluding hydrogens is 190 g/mol. The number of nitrogens with one attached hydrogen (secondary N) is 1. The van der Waals surface area contributed by atoms with Crippen molar-refractivity contribution in [3.05, 3.63) is 36.4 Å². The molecule has 0 unspecified atom stereocenters. The fourth-order valence-corrected chi connectivity index (χ4v) is 1.25. The number of anilines is 1. The van der Waals surface area contributed by atoms with Crippen LogP contribution in [0.2, 0.25) is 0 Å². The number of hydrogen-bond acceptors (Lipinski definition) is 2. The van der Waals surface area contributed by atoms with E-state index in [0.29, 0.717) is 18.0 Å². The monoisotopic (exact) mass is 205 g/mol. The van der Waals surface area contributed by atoms with Crippen LogP contribution in [0.1, 0.15) is 12.5 Å². The molecule has 0 radical (unpaired) electrons. The van der Waals surface area contributed by atoms with Gasteiger partial charge in [0.1, 0.15) is 5.75 Å². The topological polar surface area (TPSA) is 38.3 Å². The van der Waals surface area contributed by atoms with Gasteiger partial charge in [0.15, 0.2) is 0 Å². The molecule has 80 valence electrons. The molecule has 0 fully saturated rings. The minimum atomic E-state index is -0.231. The van der Waals surface area contributed by atoms with Crippen LogP contribution in [0.5, 0.6) is 5.75 Å². The van der Waals surface area contributed by atoms with Crippen LogP contribution < -0.4 is 10.1 Å². The Morgan fingerprint density at radius 3 is 2.93 bits per heavy atom. The molecule has 0 saturated heterocycles. The summed E-state index contributed by atoms with van der Waals surface area (Å²) in [5.74, 6) is 0.456. The van der Waals surface area contributed by atoms with Gasteiger partial charge in [-0.05, 0) is 31.6 Å². The third-order valence-corrected chi connectivity index (χ3v) is 1.97. The first kappa shape index (κ1) is 11.3. The highest BCUT2D eigenvalue weighted by Gasteiger charge is 2.07. The van der Waals surface area contributed by atoms with Crippen molar-refractivity contribution < 1.29 is 9.53 Å². The van der Waals surface area contributed by atoms with E-state index in [1.165, 1.54) is 6.08 Å². The van der Waals surface area contributed by atoms with Crippen molar-refractivity contribution in [1.82, 2.24) is 0 Å². The normalized spacial score (nSPS) is 9.47. The number of amides is 1. The predicted octanol–water partition coefficient (Wildman–Crippen LogP) is 2.52. The first-order valence-electron chi connectivity index (χ1n) is 4.84. The summed E-state index contributed by atoms with van der Waals surface area (Å²) in [6, 6.07) is 5.64. The molecule has 15 heavy (non-hydrogen) atoms. The summed E-state index contributed by atoms with van der Waals surface area (Å²) in [6.45, 7) is 7.80. The van der Waals surface area contributed by atoms with Gasteiger partial charge in [-0.1, -0.05) is 18.7 Å². The van der Waals surface area contributed by atoms with E-state index in [0.717, 1.165) is 5.56 Å². The lowest BCUT2D eigenvalue weighted by atomic mass is 10.2. The van der Waals surface area contributed by atoms with Crippen molar-refractivity contribution in [2.75, 3.05) is 11.9 Å². The average Bonchev–Trinajstić information content (AvgIpc) is 2.23. The predicted molar refractivity (Wildman–Crippen MR) is 61.2 cm³/mol. The van der Waals surface area contributed by atoms with E-state index in [2.05, 4.69) is 11.9 Å². The van der Waals surface area contributed by atoms with Crippen molar-refractivity contribution in [1.29, 1.82) is 0 Å². The van der Waals surface area contributed by atoms with E-state index in [9.17, 15) is 4.79 Å². The maximum atomic E-state index is 11.2. The minimum absolute atomic E-state index is 0.231. The molecule has 0 aliphatic carbocycles. The van der Waals surface area contributed by atoms with Crippen molar-refractivity contribution in [3.63, 3.8) is 0 Å². The summed E-state index contributed by atoms with van der Waals surface area (Å²) >= 11 is 0. The lowest BCUT2D eigenvalue weighted by Gasteiger charge is -2.12. The van der Waals surface area contributed by atoms with E-state index in [1.807, 2.05) is 32.0 Å². The van der Waals surface area contributed by atoms with Crippen LogP contribution in [0, 0.1) is 6.92 Å². The van der Waals surface area contributed by atoms with Gasteiger partial charge >= 0.3 is 0 Å². The summed E-state index contributed by atoms with van der Waals surface area (Å²) in [5, 5.41) is 2.73. The summed E-state index contributed by atoms with van der Waals surface area (Å²) in [5.41, 5.74) is 1.68. The van der Waals surface area contributed by atoms with Gasteiger partial charge in [-0.2, -0.15) is 0 Å². The molecule has 0 atom stereocenters. The van der Waals surface area contributed by atoms with Crippen LogP contribution in [0.15, 0.2) is 30.9 Å². The first-order chi connectivity index (χ1) is 7.19. The molecule has 0 aliphatic heterocycles. The van der Waals surface area contributed by atoms with Crippen LogP contribution in [-0.4, -0.2) is 12.5 Å². The molecule has 3 heteroatoms. The summed E-state index contributed by atoms with van der Waals surface area (Å²) < 4.78 is 5.41. The molecule has 0 aromatic heterocycles. The van der Waals surface area contributed by atoms with E-state index in [-0.39, 0.29) is 5.91 Å². The molecule has 3 nitrogen and oxygen atoms in total. The third kappa shape index (κ3) is 2.84. The first-order valence-corrected chi connectivity index (χ1v) is 4.84. The second kappa shape index (κ2) is 5.20. The largest absolute Gasteiger partial charge is 0.492 e. The van der Waals surface area contributed by atoms with Gasteiger partial charge < -0.3 is 10.1 Å². The SMILES string of the molecule is C=CC(=O)Nc1c(C)cccc1OCC. The van der Waals surface area contributed by atoms with E-state index in [4.69, 9.17) is 4.74 Å². The maximum Gasteiger partial charge on any atom is 0.247 e. The van der Waals surface area contributed by atoms with Gasteiger partial charge in [0.25, 0.3) is 0 Å². The van der Waals surface area contributed by atoms with Gasteiger partial charge in [0.05, 0.1) is 12.3 Å². The number of benzene rings is 1. The average molecular weight is 205 g/mol. The van der Waals surface area contributed by atoms with Crippen molar-refractivity contribution >= 4 is 11.6 Å². The Morgan fingerprint density at radius 2 is 2.33 bits per heavy atom. The van der Waals surface area contributed by atoms with E-state index < -0.39 is 0 Å². The van der Waals surface area contributed by atoms with Crippen molar-refractivity contribution in [2.24, 2.45) is 0 Å². The Balaban J connectivity index is 3.01. The van der Waals surface area contributed by atoms with E-state index in [1.54, 1.807) is 0 Å². The second-order valence-electron chi connectivity index (χ2n) is 3.07. The molecule has 1 rings (SSSR count). The molecular formula is C12H15NO2. The van der Waals surface area contributed by atoms with Gasteiger partial charge in [0.2, 0.25) is 5.91 Å². The molecule has 1 N–H and O–H groups in total. The molecule has 0 heterocycles. The third-order valence-electron chi connectivity index (χ3n) is 1.97. The van der Waals surface area contributed by atoms with Crippen molar-refractivity contribution in [2.45, 2.75) is 13.8 Å². The molecule has 1 aromatic rings. The molecule has 0 aliphatic rings. The zero-order chi connectivity index (χ0) is 11.3. The number of carbonyl (C=O) groups is 1. The summed E-state index contributed by atoms with van der Waals surface area (Å²) in [7, 11) is 0. The Bertz CT molecular complexity index is 372. The highest BCUT2D eigenvalue weighted by Crippen LogP contribution is 2.27. The van der Waals surface area contributed by atoms with Crippen LogP contribution >= 0.6 is 0 Å². The Hall–Kier alpha value is -1.77. The quantitative estimate of drug-likeness (QED) is 0.767. The van der Waals surface area contributed by atoms with Crippen molar-refractivity contribution in [3.8, 4) is 5.75 Å². The molecule has 0 saturated carbocycles. The van der Waals surface area contributed by atoms with Gasteiger partial charge in [-0.15, -0.1) is 0 Å². The minimum Gasteiger partial charge on any atom is -0.492 e. The number of carbonyl (C=O) groups excluding carboxylic acids is 1. The molecule has 1 amide bonds. The van der Waals surface area contributed by atoms with Crippen LogP contribution in [0.25, 0.3) is 0 Å². The highest BCUT2D eigenvalue weighted by molar-refractivity contribution is 6.00. The Morgan fingerprint density at radius 1 is 1.60 bits per heavy atom. The smallest absolute Gasteiger partial charge is 0.247 e. The van der Waals surface area contributed by atoms with Gasteiger partial charge in [-0.3, -0.25) is 4.79 Å². The van der Waals surface area contributed by atoms with Gasteiger partial charge in [-0.25, -0.2) is 0 Å². The summed E-state index contributed by atoms with van der Waals surface area (Å²) in [4.78, 5) is 11.2. The molecule has 1 aromatic carbocycles. The second-order valence-corrected chi connectivity index (χ2v) is 3.07. The maximum absolute atomic E-state index is 11.2. The zero-order valence-corrected chi connectivity index (χ0v) is 9.04. The Kier molecular flexibility index (Phi) is 3.92. The standard InChI is InChI=1S/C12H15NO2/c1-4-11(14)13-12-9(3)7-6-8-10(12)15-5-2/h4,6-8H,1,5H2,2-3H3,(H,13,14). The molecule has 0 spiro atoms. The number of rotatable bonds is 4. The lowest BCUT2D eigenvalue weighted by Crippen LogP contribution is -2.10. The Labute approximate surface area is 89.8 Å². The number of hydrogen-bond donors (Lipinski definition) is 1. The number of aryl methyl sites for hydroxylation is 1. The highest BCUT2D eigenvalue weighted by atomic mass is 16.5.